The van der Waals surface area contributed by atoms with Crippen LogP contribution in [0.3, 0.4) is 0 Å². The second kappa shape index (κ2) is 3.95. The summed E-state index contributed by atoms with van der Waals surface area (Å²) in [5, 5.41) is 3.31. The number of hydrogen-bond acceptors (Lipinski definition) is 2. The van der Waals surface area contributed by atoms with E-state index in [9.17, 15) is 0 Å². The van der Waals surface area contributed by atoms with Crippen LogP contribution in [0.15, 0.2) is 43.0 Å². The Kier molecular flexibility index (Phi) is 2.66. The highest BCUT2D eigenvalue weighted by molar-refractivity contribution is 5.20. The fraction of sp³-hybridized carbons (Fsp3) is 0.333. The summed E-state index contributed by atoms with van der Waals surface area (Å²) in [5.41, 5.74) is 1.22. The summed E-state index contributed by atoms with van der Waals surface area (Å²) >= 11 is 0. The molecule has 1 saturated heterocycles. The van der Waals surface area contributed by atoms with E-state index in [1.54, 1.807) is 6.08 Å². The van der Waals surface area contributed by atoms with E-state index in [1.807, 2.05) is 18.2 Å². The maximum atomic E-state index is 5.78. The van der Waals surface area contributed by atoms with E-state index in [1.165, 1.54) is 5.56 Å². The van der Waals surface area contributed by atoms with Crippen LogP contribution in [0, 0.1) is 0 Å². The van der Waals surface area contributed by atoms with Gasteiger partial charge < -0.3 is 4.74 Å². The molecule has 0 bridgehead atoms. The molecule has 2 nitrogen and oxygen atoms in total. The van der Waals surface area contributed by atoms with Crippen LogP contribution < -0.4 is 5.32 Å². The highest BCUT2D eigenvalue weighted by Gasteiger charge is 2.30. The standard InChI is InChI=1S/C12H15NO/c1-3-11-13-9(2)12(14-11)10-7-5-4-6-8-10/h3-9,11-13H,1H2,2H3/t9-,11-,12-/m1/s1. The van der Waals surface area contributed by atoms with Gasteiger partial charge in [-0.15, -0.1) is 0 Å². The lowest BCUT2D eigenvalue weighted by Crippen LogP contribution is -2.26. The molecule has 3 atom stereocenters. The summed E-state index contributed by atoms with van der Waals surface area (Å²) in [5.74, 6) is 0. The zero-order valence-electron chi connectivity index (χ0n) is 8.31. The maximum Gasteiger partial charge on any atom is 0.128 e. The van der Waals surface area contributed by atoms with Crippen molar-refractivity contribution in [3.05, 3.63) is 48.6 Å². The number of nitrogens with one attached hydrogen (secondary N) is 1. The van der Waals surface area contributed by atoms with Crippen LogP contribution in [-0.2, 0) is 4.74 Å². The van der Waals surface area contributed by atoms with Gasteiger partial charge in [0.2, 0.25) is 0 Å². The van der Waals surface area contributed by atoms with E-state index in [4.69, 9.17) is 4.74 Å². The molecule has 0 unspecified atom stereocenters. The summed E-state index contributed by atoms with van der Waals surface area (Å²) < 4.78 is 5.78. The van der Waals surface area contributed by atoms with E-state index in [0.717, 1.165) is 0 Å². The molecule has 1 aromatic carbocycles. The van der Waals surface area contributed by atoms with Gasteiger partial charge in [-0.2, -0.15) is 0 Å². The van der Waals surface area contributed by atoms with Crippen molar-refractivity contribution in [2.75, 3.05) is 0 Å². The molecule has 1 fully saturated rings. The molecule has 1 heterocycles. The Balaban J connectivity index is 2.16. The zero-order chi connectivity index (χ0) is 9.97. The summed E-state index contributed by atoms with van der Waals surface area (Å²) in [6.45, 7) is 5.84. The first-order valence-corrected chi connectivity index (χ1v) is 4.90. The van der Waals surface area contributed by atoms with Gasteiger partial charge in [-0.3, -0.25) is 5.32 Å². The minimum absolute atomic E-state index is 0.0183. The van der Waals surface area contributed by atoms with Gasteiger partial charge in [0.15, 0.2) is 0 Å². The van der Waals surface area contributed by atoms with Gasteiger partial charge in [0.05, 0.1) is 0 Å². The fourth-order valence-corrected chi connectivity index (χ4v) is 1.80. The molecule has 0 amide bonds. The first-order valence-electron chi connectivity index (χ1n) is 4.90. The Morgan fingerprint density at radius 2 is 2.07 bits per heavy atom. The van der Waals surface area contributed by atoms with Crippen molar-refractivity contribution in [1.29, 1.82) is 0 Å². The molecule has 0 aliphatic carbocycles. The van der Waals surface area contributed by atoms with Gasteiger partial charge in [0, 0.05) is 6.04 Å². The van der Waals surface area contributed by atoms with E-state index in [-0.39, 0.29) is 12.3 Å². The number of ether oxygens (including phenoxy) is 1. The Bertz CT molecular complexity index is 309. The topological polar surface area (TPSA) is 21.3 Å². The number of rotatable bonds is 2. The molecule has 0 spiro atoms. The van der Waals surface area contributed by atoms with Crippen molar-refractivity contribution in [2.45, 2.75) is 25.3 Å². The summed E-state index contributed by atoms with van der Waals surface area (Å²) in [4.78, 5) is 0. The second-order valence-electron chi connectivity index (χ2n) is 3.58. The average molecular weight is 189 g/mol. The predicted molar refractivity (Wildman–Crippen MR) is 56.9 cm³/mol. The summed E-state index contributed by atoms with van der Waals surface area (Å²) in [7, 11) is 0. The van der Waals surface area contributed by atoms with Crippen LogP contribution >= 0.6 is 0 Å². The number of hydrogen-bond donors (Lipinski definition) is 1. The molecule has 0 saturated carbocycles. The molecule has 1 aromatic rings. The molecule has 2 heteroatoms. The van der Waals surface area contributed by atoms with Gasteiger partial charge in [-0.1, -0.05) is 36.9 Å². The van der Waals surface area contributed by atoms with Crippen LogP contribution in [-0.4, -0.2) is 12.3 Å². The highest BCUT2D eigenvalue weighted by atomic mass is 16.5. The highest BCUT2D eigenvalue weighted by Crippen LogP contribution is 2.27. The minimum atomic E-state index is -0.0183. The van der Waals surface area contributed by atoms with E-state index < -0.39 is 0 Å². The van der Waals surface area contributed by atoms with Crippen LogP contribution in [0.2, 0.25) is 0 Å². The predicted octanol–water partition coefficient (Wildman–Crippen LogP) is 2.25. The lowest BCUT2D eigenvalue weighted by Gasteiger charge is -2.13. The molecule has 1 aliphatic heterocycles. The van der Waals surface area contributed by atoms with Crippen LogP contribution in [0.1, 0.15) is 18.6 Å². The third-order valence-electron chi connectivity index (χ3n) is 2.52. The smallest absolute Gasteiger partial charge is 0.128 e. The second-order valence-corrected chi connectivity index (χ2v) is 3.58. The molecule has 2 rings (SSSR count). The van der Waals surface area contributed by atoms with Gasteiger partial charge in [-0.25, -0.2) is 0 Å². The van der Waals surface area contributed by atoms with E-state index >= 15 is 0 Å². The first-order chi connectivity index (χ1) is 6.81. The van der Waals surface area contributed by atoms with Gasteiger partial charge in [0.25, 0.3) is 0 Å². The molecule has 74 valence electrons. The number of benzene rings is 1. The van der Waals surface area contributed by atoms with Crippen molar-refractivity contribution in [2.24, 2.45) is 0 Å². The summed E-state index contributed by atoms with van der Waals surface area (Å²) in [6, 6.07) is 10.6. The van der Waals surface area contributed by atoms with E-state index in [0.29, 0.717) is 6.04 Å². The molecule has 0 radical (unpaired) electrons. The Labute approximate surface area is 84.6 Å². The third kappa shape index (κ3) is 1.72. The van der Waals surface area contributed by atoms with Crippen molar-refractivity contribution < 1.29 is 4.74 Å². The van der Waals surface area contributed by atoms with E-state index in [2.05, 4.69) is 31.0 Å². The minimum Gasteiger partial charge on any atom is -0.350 e. The molecular weight excluding hydrogens is 174 g/mol. The quantitative estimate of drug-likeness (QED) is 0.720. The Morgan fingerprint density at radius 1 is 1.36 bits per heavy atom. The van der Waals surface area contributed by atoms with Gasteiger partial charge in [-0.05, 0) is 18.6 Å². The lowest BCUT2D eigenvalue weighted by atomic mass is 10.0. The van der Waals surface area contributed by atoms with Crippen molar-refractivity contribution in [3.63, 3.8) is 0 Å². The third-order valence-corrected chi connectivity index (χ3v) is 2.52. The molecule has 0 aromatic heterocycles. The van der Waals surface area contributed by atoms with Crippen molar-refractivity contribution in [1.82, 2.24) is 5.32 Å². The average Bonchev–Trinajstić information content (AvgIpc) is 2.61. The SMILES string of the molecule is C=C[C@@H]1N[C@H](C)[C@H](c2ccccc2)O1. The Morgan fingerprint density at radius 3 is 2.64 bits per heavy atom. The van der Waals surface area contributed by atoms with Crippen LogP contribution in [0.5, 0.6) is 0 Å². The Hall–Kier alpha value is -1.12. The van der Waals surface area contributed by atoms with Crippen molar-refractivity contribution >= 4 is 0 Å². The fourth-order valence-electron chi connectivity index (χ4n) is 1.80. The normalized spacial score (nSPS) is 31.6. The maximum absolute atomic E-state index is 5.78. The van der Waals surface area contributed by atoms with Crippen LogP contribution in [0.4, 0.5) is 0 Å². The molecule has 1 N–H and O–H groups in total. The van der Waals surface area contributed by atoms with Gasteiger partial charge >= 0.3 is 0 Å². The zero-order valence-corrected chi connectivity index (χ0v) is 8.31. The van der Waals surface area contributed by atoms with Gasteiger partial charge in [0.1, 0.15) is 12.3 Å². The van der Waals surface area contributed by atoms with Crippen molar-refractivity contribution in [3.8, 4) is 0 Å². The largest absolute Gasteiger partial charge is 0.350 e. The summed E-state index contributed by atoms with van der Waals surface area (Å²) in [6.07, 6.45) is 1.91. The molecular formula is C12H15NO. The lowest BCUT2D eigenvalue weighted by molar-refractivity contribution is 0.0642. The monoisotopic (exact) mass is 189 g/mol. The molecule has 1 aliphatic rings. The first kappa shape index (κ1) is 9.44. The molecule has 14 heavy (non-hydrogen) atoms. The van der Waals surface area contributed by atoms with Crippen LogP contribution in [0.25, 0.3) is 0 Å².